The molecule has 6 rings (SSSR count). The lowest BCUT2D eigenvalue weighted by Crippen LogP contribution is -2.37. The van der Waals surface area contributed by atoms with Gasteiger partial charge in [-0.15, -0.1) is 0 Å². The van der Waals surface area contributed by atoms with E-state index in [1.165, 1.54) is 4.90 Å². The number of hydrogen-bond acceptors (Lipinski definition) is 5. The maximum Gasteiger partial charge on any atom is 0.266 e. The van der Waals surface area contributed by atoms with E-state index in [0.29, 0.717) is 18.0 Å². The van der Waals surface area contributed by atoms with Crippen molar-refractivity contribution in [2.24, 2.45) is 13.0 Å². The molecule has 0 N–H and O–H groups in total. The number of ether oxygens (including phenoxy) is 1. The molecule has 2 saturated heterocycles. The third kappa shape index (κ3) is 3.46. The van der Waals surface area contributed by atoms with Crippen LogP contribution in [0.2, 0.25) is 0 Å². The lowest BCUT2D eigenvalue weighted by molar-refractivity contribution is -0.126. The lowest BCUT2D eigenvalue weighted by atomic mass is 9.90. The number of carbonyl (C=O) groups excluding carboxylic acids is 2. The molecular weight excluding hydrogens is 454 g/mol. The second-order valence-electron chi connectivity index (χ2n) is 9.22. The molecule has 0 bridgehead atoms. The highest BCUT2D eigenvalue weighted by molar-refractivity contribution is 6.24. The Morgan fingerprint density at radius 2 is 1.58 bits per heavy atom. The Labute approximate surface area is 209 Å². The van der Waals surface area contributed by atoms with Crippen LogP contribution in [0.1, 0.15) is 24.9 Å². The van der Waals surface area contributed by atoms with Crippen LogP contribution in [0.25, 0.3) is 10.9 Å². The fourth-order valence-corrected chi connectivity index (χ4v) is 5.30. The lowest BCUT2D eigenvalue weighted by Gasteiger charge is -2.28. The molecule has 1 aromatic heterocycles. The molecule has 7 heteroatoms. The maximum atomic E-state index is 13.9. The van der Waals surface area contributed by atoms with Crippen molar-refractivity contribution in [1.29, 1.82) is 0 Å². The van der Waals surface area contributed by atoms with Gasteiger partial charge in [-0.25, -0.2) is 9.96 Å². The molecule has 2 aliphatic rings. The van der Waals surface area contributed by atoms with E-state index in [9.17, 15) is 9.59 Å². The Morgan fingerprint density at radius 1 is 0.861 bits per heavy atom. The molecule has 2 aliphatic heterocycles. The predicted octanol–water partition coefficient (Wildman–Crippen LogP) is 5.02. The highest BCUT2D eigenvalue weighted by Gasteiger charge is 2.60. The van der Waals surface area contributed by atoms with Crippen molar-refractivity contribution in [3.63, 3.8) is 0 Å². The number of anilines is 2. The number of hydroxylamine groups is 1. The summed E-state index contributed by atoms with van der Waals surface area (Å²) in [7, 11) is 1.99. The van der Waals surface area contributed by atoms with E-state index in [4.69, 9.17) is 9.57 Å². The molecule has 2 fully saturated rings. The Balaban J connectivity index is 1.42. The number of rotatable bonds is 6. The zero-order valence-corrected chi connectivity index (χ0v) is 20.2. The van der Waals surface area contributed by atoms with Crippen molar-refractivity contribution in [1.82, 2.24) is 4.57 Å². The molecule has 36 heavy (non-hydrogen) atoms. The Hall–Kier alpha value is -4.10. The van der Waals surface area contributed by atoms with Gasteiger partial charge < -0.3 is 9.30 Å². The van der Waals surface area contributed by atoms with Crippen LogP contribution in [0, 0.1) is 5.92 Å². The average Bonchev–Trinajstić information content (AvgIpc) is 3.54. The van der Waals surface area contributed by atoms with Gasteiger partial charge >= 0.3 is 0 Å². The van der Waals surface area contributed by atoms with Gasteiger partial charge in [-0.3, -0.25) is 14.4 Å². The van der Waals surface area contributed by atoms with E-state index in [1.807, 2.05) is 62.6 Å². The van der Waals surface area contributed by atoms with Crippen LogP contribution in [0.5, 0.6) is 5.75 Å². The normalized spacial score (nSPS) is 21.4. The van der Waals surface area contributed by atoms with Crippen molar-refractivity contribution in [3.05, 3.63) is 90.6 Å². The first-order chi connectivity index (χ1) is 17.6. The van der Waals surface area contributed by atoms with Crippen molar-refractivity contribution < 1.29 is 19.2 Å². The SMILES string of the molecule is CCCOc1ccc(N2C(=O)[C@H]3[C@@H](ON(c4ccccc4)[C@H]3c3cn(C)c4ccccc34)C2=O)cc1. The standard InChI is InChI=1S/C29H27N3O4/c1-3-17-35-21-15-13-19(14-16-21)31-28(33)25-26(23-18-30(2)24-12-8-7-11-22(23)24)32(36-27(25)29(31)34)20-9-5-4-6-10-20/h4-16,18,25-27H,3,17H2,1-2H3/t25-,26+,27-/m1/s1. The molecule has 0 radical (unpaired) electrons. The summed E-state index contributed by atoms with van der Waals surface area (Å²) < 4.78 is 7.71. The van der Waals surface area contributed by atoms with Gasteiger partial charge in [-0.2, -0.15) is 0 Å². The molecule has 0 saturated carbocycles. The zero-order valence-electron chi connectivity index (χ0n) is 20.2. The summed E-state index contributed by atoms with van der Waals surface area (Å²) in [4.78, 5) is 35.1. The highest BCUT2D eigenvalue weighted by atomic mass is 16.7. The number of carbonyl (C=O) groups is 2. The van der Waals surface area contributed by atoms with Crippen molar-refractivity contribution >= 4 is 34.1 Å². The average molecular weight is 482 g/mol. The minimum absolute atomic E-state index is 0.261. The molecule has 4 aromatic rings. The Kier molecular flexibility index (Phi) is 5.49. The quantitative estimate of drug-likeness (QED) is 0.362. The van der Waals surface area contributed by atoms with E-state index < -0.39 is 18.1 Å². The van der Waals surface area contributed by atoms with E-state index in [1.54, 1.807) is 29.3 Å². The second kappa shape index (κ2) is 8.84. The number of benzene rings is 3. The number of fused-ring (bicyclic) bond motifs is 2. The van der Waals surface area contributed by atoms with Crippen molar-refractivity contribution in [2.75, 3.05) is 16.6 Å². The largest absolute Gasteiger partial charge is 0.494 e. The van der Waals surface area contributed by atoms with Crippen LogP contribution >= 0.6 is 0 Å². The molecule has 0 aliphatic carbocycles. The number of para-hydroxylation sites is 2. The molecular formula is C29H27N3O4. The summed E-state index contributed by atoms with van der Waals surface area (Å²) >= 11 is 0. The molecule has 7 nitrogen and oxygen atoms in total. The van der Waals surface area contributed by atoms with Gasteiger partial charge in [-0.1, -0.05) is 43.3 Å². The van der Waals surface area contributed by atoms with Gasteiger partial charge in [0.1, 0.15) is 11.7 Å². The Bertz CT molecular complexity index is 1430. The maximum absolute atomic E-state index is 13.9. The van der Waals surface area contributed by atoms with E-state index in [0.717, 1.165) is 28.6 Å². The van der Waals surface area contributed by atoms with Crippen LogP contribution in [-0.2, 0) is 21.5 Å². The molecule has 0 unspecified atom stereocenters. The summed E-state index contributed by atoms with van der Waals surface area (Å²) in [5, 5.41) is 2.78. The fourth-order valence-electron chi connectivity index (χ4n) is 5.30. The Morgan fingerprint density at radius 3 is 2.33 bits per heavy atom. The second-order valence-corrected chi connectivity index (χ2v) is 9.22. The molecule has 3 atom stereocenters. The third-order valence-corrected chi connectivity index (χ3v) is 6.94. The number of imide groups is 1. The first kappa shape index (κ1) is 22.4. The number of nitrogens with zero attached hydrogens (tertiary/aromatic N) is 3. The number of aromatic nitrogens is 1. The molecule has 2 amide bonds. The number of hydrogen-bond donors (Lipinski definition) is 0. The van der Waals surface area contributed by atoms with Gasteiger partial charge in [0.05, 0.1) is 24.0 Å². The minimum atomic E-state index is -0.905. The van der Waals surface area contributed by atoms with Crippen LogP contribution < -0.4 is 14.7 Å². The minimum Gasteiger partial charge on any atom is -0.494 e. The van der Waals surface area contributed by atoms with Crippen LogP contribution in [0.3, 0.4) is 0 Å². The molecule has 3 heterocycles. The van der Waals surface area contributed by atoms with Gasteiger partial charge in [0.2, 0.25) is 5.91 Å². The zero-order chi connectivity index (χ0) is 24.8. The van der Waals surface area contributed by atoms with Crippen LogP contribution in [0.4, 0.5) is 11.4 Å². The first-order valence-corrected chi connectivity index (χ1v) is 12.2. The van der Waals surface area contributed by atoms with Crippen LogP contribution in [-0.4, -0.2) is 29.1 Å². The third-order valence-electron chi connectivity index (χ3n) is 6.94. The van der Waals surface area contributed by atoms with E-state index in [-0.39, 0.29) is 11.8 Å². The van der Waals surface area contributed by atoms with Crippen molar-refractivity contribution in [3.8, 4) is 5.75 Å². The first-order valence-electron chi connectivity index (χ1n) is 12.2. The molecule has 0 spiro atoms. The summed E-state index contributed by atoms with van der Waals surface area (Å²) in [5.74, 6) is -0.584. The predicted molar refractivity (Wildman–Crippen MR) is 138 cm³/mol. The van der Waals surface area contributed by atoms with Crippen LogP contribution in [0.15, 0.2) is 85.1 Å². The summed E-state index contributed by atoms with van der Waals surface area (Å²) in [6.45, 7) is 2.65. The molecule has 182 valence electrons. The highest BCUT2D eigenvalue weighted by Crippen LogP contribution is 2.49. The number of aryl methyl sites for hydroxylation is 1. The topological polar surface area (TPSA) is 64.0 Å². The van der Waals surface area contributed by atoms with Crippen molar-refractivity contribution in [2.45, 2.75) is 25.5 Å². The van der Waals surface area contributed by atoms with E-state index >= 15 is 0 Å². The fraction of sp³-hybridized carbons (Fsp3) is 0.241. The monoisotopic (exact) mass is 481 g/mol. The number of amides is 2. The molecule has 3 aromatic carbocycles. The van der Waals surface area contributed by atoms with Gasteiger partial charge in [0.15, 0.2) is 6.10 Å². The van der Waals surface area contributed by atoms with Gasteiger partial charge in [0.25, 0.3) is 5.91 Å². The van der Waals surface area contributed by atoms with Gasteiger partial charge in [-0.05, 0) is 48.9 Å². The van der Waals surface area contributed by atoms with E-state index in [2.05, 4.69) is 16.7 Å². The summed E-state index contributed by atoms with van der Waals surface area (Å²) in [6.07, 6.45) is 2.04. The summed E-state index contributed by atoms with van der Waals surface area (Å²) in [5.41, 5.74) is 3.33. The summed E-state index contributed by atoms with van der Waals surface area (Å²) in [6, 6.07) is 24.3. The van der Waals surface area contributed by atoms with Gasteiger partial charge in [0, 0.05) is 29.7 Å². The smallest absolute Gasteiger partial charge is 0.266 e.